The number of anilines is 1. The van der Waals surface area contributed by atoms with Crippen molar-refractivity contribution in [2.75, 3.05) is 18.0 Å². The van der Waals surface area contributed by atoms with Crippen LogP contribution in [0.3, 0.4) is 0 Å². The lowest BCUT2D eigenvalue weighted by atomic mass is 10.0. The van der Waals surface area contributed by atoms with Gasteiger partial charge in [-0.05, 0) is 49.1 Å². The first-order chi connectivity index (χ1) is 11.3. The highest BCUT2D eigenvalue weighted by Gasteiger charge is 2.24. The minimum atomic E-state index is -3.73. The maximum absolute atomic E-state index is 11.6. The Kier molecular flexibility index (Phi) is 4.38. The van der Waals surface area contributed by atoms with Crippen molar-refractivity contribution >= 4 is 15.7 Å². The van der Waals surface area contributed by atoms with Crippen molar-refractivity contribution in [3.63, 3.8) is 0 Å². The summed E-state index contributed by atoms with van der Waals surface area (Å²) < 4.78 is 23.2. The number of β-amino-alcohol motifs (C(OH)–C–C–N with tert-alkyl or cyclic N) is 1. The normalized spacial score (nSPS) is 15.4. The Balaban J connectivity index is 1.87. The Bertz CT molecular complexity index is 878. The van der Waals surface area contributed by atoms with Gasteiger partial charge in [-0.25, -0.2) is 13.6 Å². The Morgan fingerprint density at radius 1 is 1.21 bits per heavy atom. The van der Waals surface area contributed by atoms with Crippen LogP contribution < -0.4 is 10.0 Å². The number of sulfonamides is 1. The molecule has 2 aromatic carbocycles. The van der Waals surface area contributed by atoms with E-state index < -0.39 is 16.1 Å². The molecule has 0 radical (unpaired) electrons. The van der Waals surface area contributed by atoms with Crippen molar-refractivity contribution in [2.24, 2.45) is 5.14 Å². The molecule has 2 aromatic rings. The lowest BCUT2D eigenvalue weighted by Gasteiger charge is -2.24. The number of hydrogen-bond acceptors (Lipinski definition) is 4. The first-order valence-electron chi connectivity index (χ1n) is 7.91. The topological polar surface area (TPSA) is 83.6 Å². The highest BCUT2D eigenvalue weighted by Crippen LogP contribution is 2.32. The van der Waals surface area contributed by atoms with Gasteiger partial charge in [0.2, 0.25) is 10.0 Å². The fourth-order valence-electron chi connectivity index (χ4n) is 3.22. The van der Waals surface area contributed by atoms with Gasteiger partial charge in [0.05, 0.1) is 11.0 Å². The molecule has 0 bridgehead atoms. The average molecular weight is 346 g/mol. The van der Waals surface area contributed by atoms with E-state index in [-0.39, 0.29) is 4.90 Å². The van der Waals surface area contributed by atoms with Crippen molar-refractivity contribution < 1.29 is 13.5 Å². The first kappa shape index (κ1) is 17.0. The van der Waals surface area contributed by atoms with E-state index in [2.05, 4.69) is 0 Å². The second kappa shape index (κ2) is 6.20. The summed E-state index contributed by atoms with van der Waals surface area (Å²) in [7, 11) is -3.73. The molecule has 128 valence electrons. The zero-order valence-electron chi connectivity index (χ0n) is 13.9. The summed E-state index contributed by atoms with van der Waals surface area (Å²) in [4.78, 5) is 2.13. The van der Waals surface area contributed by atoms with Gasteiger partial charge in [-0.1, -0.05) is 29.8 Å². The summed E-state index contributed by atoms with van der Waals surface area (Å²) in [6.07, 6.45) is 0.203. The molecule has 1 heterocycles. The third kappa shape index (κ3) is 3.31. The number of primary sulfonamides is 1. The zero-order valence-corrected chi connectivity index (χ0v) is 14.7. The third-order valence-electron chi connectivity index (χ3n) is 4.56. The lowest BCUT2D eigenvalue weighted by molar-refractivity contribution is 0.183. The van der Waals surface area contributed by atoms with Crippen LogP contribution >= 0.6 is 0 Å². The highest BCUT2D eigenvalue weighted by molar-refractivity contribution is 7.89. The third-order valence-corrected chi connectivity index (χ3v) is 5.48. The largest absolute Gasteiger partial charge is 0.387 e. The Labute approximate surface area is 142 Å². The van der Waals surface area contributed by atoms with Crippen molar-refractivity contribution in [2.45, 2.75) is 31.3 Å². The molecule has 0 saturated heterocycles. The minimum Gasteiger partial charge on any atom is -0.387 e. The number of aliphatic hydroxyl groups is 1. The molecule has 0 spiro atoms. The van der Waals surface area contributed by atoms with Gasteiger partial charge in [0.25, 0.3) is 0 Å². The van der Waals surface area contributed by atoms with Crippen LogP contribution in [0.5, 0.6) is 0 Å². The van der Waals surface area contributed by atoms with Gasteiger partial charge in [-0.2, -0.15) is 0 Å². The number of rotatable bonds is 4. The van der Waals surface area contributed by atoms with E-state index in [0.29, 0.717) is 6.54 Å². The standard InChI is InChI=1S/C18H22N2O3S/c1-12-3-4-13(2)16(9-12)18(21)11-20-8-7-14-5-6-15(10-17(14)20)24(19,22)23/h3-6,9-10,18,21H,7-8,11H2,1-2H3,(H2,19,22,23)/t18-/m0/s1. The van der Waals surface area contributed by atoms with E-state index in [1.165, 1.54) is 0 Å². The van der Waals surface area contributed by atoms with Crippen LogP contribution in [0.1, 0.15) is 28.4 Å². The van der Waals surface area contributed by atoms with Gasteiger partial charge in [-0.3, -0.25) is 0 Å². The summed E-state index contributed by atoms with van der Waals surface area (Å²) >= 11 is 0. The minimum absolute atomic E-state index is 0.106. The smallest absolute Gasteiger partial charge is 0.238 e. The monoisotopic (exact) mass is 346 g/mol. The molecule has 0 fully saturated rings. The summed E-state index contributed by atoms with van der Waals surface area (Å²) in [5, 5.41) is 15.9. The highest BCUT2D eigenvalue weighted by atomic mass is 32.2. The number of nitrogens with zero attached hydrogens (tertiary/aromatic N) is 1. The second-order valence-corrected chi connectivity index (χ2v) is 7.97. The van der Waals surface area contributed by atoms with Gasteiger partial charge in [0, 0.05) is 18.8 Å². The first-order valence-corrected chi connectivity index (χ1v) is 9.46. The van der Waals surface area contributed by atoms with Crippen LogP contribution in [0, 0.1) is 13.8 Å². The number of aliphatic hydroxyl groups excluding tert-OH is 1. The zero-order chi connectivity index (χ0) is 17.5. The van der Waals surface area contributed by atoms with Gasteiger partial charge >= 0.3 is 0 Å². The van der Waals surface area contributed by atoms with E-state index >= 15 is 0 Å². The van der Waals surface area contributed by atoms with Gasteiger partial charge in [0.15, 0.2) is 0 Å². The van der Waals surface area contributed by atoms with E-state index in [0.717, 1.165) is 40.9 Å². The summed E-state index contributed by atoms with van der Waals surface area (Å²) in [6.45, 7) is 5.16. The SMILES string of the molecule is Cc1ccc(C)c([C@@H](O)CN2CCc3ccc(S(N)(=O)=O)cc32)c1. The number of fused-ring (bicyclic) bond motifs is 1. The Morgan fingerprint density at radius 3 is 2.67 bits per heavy atom. The van der Waals surface area contributed by atoms with E-state index in [1.54, 1.807) is 18.2 Å². The predicted octanol–water partition coefficient (Wildman–Crippen LogP) is 2.05. The molecular weight excluding hydrogens is 324 g/mol. The quantitative estimate of drug-likeness (QED) is 0.887. The average Bonchev–Trinajstić information content (AvgIpc) is 2.91. The van der Waals surface area contributed by atoms with Crippen molar-refractivity contribution in [3.05, 3.63) is 58.7 Å². The second-order valence-electron chi connectivity index (χ2n) is 6.41. The maximum Gasteiger partial charge on any atom is 0.238 e. The van der Waals surface area contributed by atoms with E-state index in [9.17, 15) is 13.5 Å². The molecule has 3 rings (SSSR count). The van der Waals surface area contributed by atoms with Gasteiger partial charge < -0.3 is 10.0 Å². The molecule has 0 aliphatic carbocycles. The fraction of sp³-hybridized carbons (Fsp3) is 0.333. The van der Waals surface area contributed by atoms with Crippen molar-refractivity contribution in [1.29, 1.82) is 0 Å². The van der Waals surface area contributed by atoms with Crippen LogP contribution in [0.4, 0.5) is 5.69 Å². The van der Waals surface area contributed by atoms with Gasteiger partial charge in [-0.15, -0.1) is 0 Å². The molecular formula is C18H22N2O3S. The number of hydrogen-bond donors (Lipinski definition) is 2. The molecule has 1 aliphatic heterocycles. The number of nitrogens with two attached hydrogens (primary N) is 1. The summed E-state index contributed by atoms with van der Waals surface area (Å²) in [6, 6.07) is 11.0. The van der Waals surface area contributed by atoms with E-state index in [4.69, 9.17) is 5.14 Å². The predicted molar refractivity (Wildman–Crippen MR) is 94.6 cm³/mol. The molecule has 5 nitrogen and oxygen atoms in total. The van der Waals surface area contributed by atoms with Crippen molar-refractivity contribution in [1.82, 2.24) is 0 Å². The van der Waals surface area contributed by atoms with Gasteiger partial charge in [0.1, 0.15) is 0 Å². The molecule has 1 atom stereocenters. The molecule has 0 saturated carbocycles. The Morgan fingerprint density at radius 2 is 1.96 bits per heavy atom. The van der Waals surface area contributed by atoms with Crippen LogP contribution in [0.2, 0.25) is 0 Å². The summed E-state index contributed by atoms with van der Waals surface area (Å²) in [5.41, 5.74) is 4.98. The summed E-state index contributed by atoms with van der Waals surface area (Å²) in [5.74, 6) is 0. The molecule has 3 N–H and O–H groups in total. The molecule has 0 unspecified atom stereocenters. The van der Waals surface area contributed by atoms with Crippen LogP contribution in [-0.2, 0) is 16.4 Å². The molecule has 24 heavy (non-hydrogen) atoms. The van der Waals surface area contributed by atoms with Crippen LogP contribution in [-0.4, -0.2) is 26.6 Å². The molecule has 0 aromatic heterocycles. The molecule has 0 amide bonds. The number of benzene rings is 2. The van der Waals surface area contributed by atoms with Crippen molar-refractivity contribution in [3.8, 4) is 0 Å². The fourth-order valence-corrected chi connectivity index (χ4v) is 3.75. The number of aryl methyl sites for hydroxylation is 2. The molecule has 1 aliphatic rings. The maximum atomic E-state index is 11.6. The van der Waals surface area contributed by atoms with E-state index in [1.807, 2.05) is 36.9 Å². The Hall–Kier alpha value is -1.89. The van der Waals surface area contributed by atoms with Crippen LogP contribution in [0.25, 0.3) is 0 Å². The van der Waals surface area contributed by atoms with Crippen LogP contribution in [0.15, 0.2) is 41.3 Å². The molecule has 6 heteroatoms. The lowest BCUT2D eigenvalue weighted by Crippen LogP contribution is -2.27.